The van der Waals surface area contributed by atoms with E-state index in [1.165, 1.54) is 6.33 Å². The number of nitrogens with one attached hydrogen (secondary N) is 2. The van der Waals surface area contributed by atoms with Crippen molar-refractivity contribution >= 4 is 44.0 Å². The van der Waals surface area contributed by atoms with Gasteiger partial charge in [-0.2, -0.15) is 0 Å². The maximum Gasteiger partial charge on any atom is 0.141 e. The summed E-state index contributed by atoms with van der Waals surface area (Å²) in [6.45, 7) is 0. The van der Waals surface area contributed by atoms with Crippen LogP contribution >= 0.6 is 15.9 Å². The van der Waals surface area contributed by atoms with Crippen molar-refractivity contribution in [3.63, 3.8) is 0 Å². The van der Waals surface area contributed by atoms with Crippen LogP contribution in [0.5, 0.6) is 0 Å². The van der Waals surface area contributed by atoms with Crippen molar-refractivity contribution in [2.45, 2.75) is 0 Å². The van der Waals surface area contributed by atoms with E-state index >= 15 is 0 Å². The van der Waals surface area contributed by atoms with Crippen LogP contribution in [0.25, 0.3) is 10.9 Å². The van der Waals surface area contributed by atoms with E-state index in [2.05, 4.69) is 36.2 Å². The molecule has 0 saturated heterocycles. The van der Waals surface area contributed by atoms with Gasteiger partial charge in [-0.05, 0) is 42.5 Å². The molecule has 0 saturated carbocycles. The molecule has 2 aromatic heterocycles. The molecule has 0 spiro atoms. The Labute approximate surface area is 158 Å². The number of hydrogen-bond donors (Lipinski definition) is 2. The third kappa shape index (κ3) is 3.32. The molecule has 0 bridgehead atoms. The Morgan fingerprint density at radius 1 is 0.923 bits per heavy atom. The second-order valence-electron chi connectivity index (χ2n) is 5.68. The number of nitrogens with zero attached hydrogens (tertiary/aromatic N) is 3. The summed E-state index contributed by atoms with van der Waals surface area (Å²) >= 11 is 3.47. The summed E-state index contributed by atoms with van der Waals surface area (Å²) < 4.78 is 0.985. The molecule has 2 heterocycles. The van der Waals surface area contributed by atoms with Gasteiger partial charge < -0.3 is 5.32 Å². The number of aromatic nitrogens is 3. The first-order chi connectivity index (χ1) is 12.7. The van der Waals surface area contributed by atoms with E-state index in [-0.39, 0.29) is 0 Å². The summed E-state index contributed by atoms with van der Waals surface area (Å²) in [5.41, 5.74) is 3.50. The fraction of sp³-hybridized carbons (Fsp3) is 0. The van der Waals surface area contributed by atoms with E-state index in [1.54, 1.807) is 6.20 Å². The first kappa shape index (κ1) is 16.4. The number of halogens is 1. The number of anilines is 2. The van der Waals surface area contributed by atoms with Gasteiger partial charge in [-0.25, -0.2) is 9.97 Å². The average Bonchev–Trinajstić information content (AvgIpc) is 2.68. The van der Waals surface area contributed by atoms with Gasteiger partial charge in [-0.1, -0.05) is 34.1 Å². The summed E-state index contributed by atoms with van der Waals surface area (Å²) in [7, 11) is 0. The third-order valence-corrected chi connectivity index (χ3v) is 4.43. The molecular formula is C20H14BrN5. The van der Waals surface area contributed by atoms with E-state index in [1.807, 2.05) is 60.7 Å². The van der Waals surface area contributed by atoms with E-state index in [9.17, 15) is 0 Å². The van der Waals surface area contributed by atoms with Crippen LogP contribution in [-0.4, -0.2) is 20.7 Å². The van der Waals surface area contributed by atoms with Gasteiger partial charge in [0.2, 0.25) is 0 Å². The normalized spacial score (nSPS) is 10.7. The Bertz CT molecular complexity index is 1100. The monoisotopic (exact) mass is 403 g/mol. The number of fused-ring (bicyclic) bond motifs is 1. The van der Waals surface area contributed by atoms with Gasteiger partial charge in [0.25, 0.3) is 0 Å². The molecule has 0 atom stereocenters. The van der Waals surface area contributed by atoms with Crippen LogP contribution in [0.2, 0.25) is 0 Å². The summed E-state index contributed by atoms with van der Waals surface area (Å²) in [4.78, 5) is 13.0. The van der Waals surface area contributed by atoms with Gasteiger partial charge in [0.05, 0.1) is 16.9 Å². The molecule has 2 N–H and O–H groups in total. The van der Waals surface area contributed by atoms with Crippen molar-refractivity contribution in [1.82, 2.24) is 15.0 Å². The molecule has 0 fully saturated rings. The van der Waals surface area contributed by atoms with Crippen molar-refractivity contribution in [2.75, 3.05) is 5.32 Å². The fourth-order valence-electron chi connectivity index (χ4n) is 2.67. The minimum Gasteiger partial charge on any atom is -0.340 e. The third-order valence-electron chi connectivity index (χ3n) is 3.93. The molecule has 2 aromatic carbocycles. The molecular weight excluding hydrogens is 390 g/mol. The Morgan fingerprint density at radius 3 is 2.65 bits per heavy atom. The van der Waals surface area contributed by atoms with Crippen molar-refractivity contribution < 1.29 is 0 Å². The Kier molecular flexibility index (Phi) is 4.41. The lowest BCUT2D eigenvalue weighted by Gasteiger charge is -2.10. The quantitative estimate of drug-likeness (QED) is 0.472. The second kappa shape index (κ2) is 7.01. The van der Waals surface area contributed by atoms with E-state index in [0.29, 0.717) is 17.2 Å². The summed E-state index contributed by atoms with van der Waals surface area (Å²) in [6, 6.07) is 19.1. The predicted octanol–water partition coefficient (Wildman–Crippen LogP) is 4.95. The van der Waals surface area contributed by atoms with Gasteiger partial charge in [0.1, 0.15) is 12.1 Å². The lowest BCUT2D eigenvalue weighted by Crippen LogP contribution is -2.04. The first-order valence-corrected chi connectivity index (χ1v) is 8.78. The van der Waals surface area contributed by atoms with Gasteiger partial charge in [-0.3, -0.25) is 10.4 Å². The Hall–Kier alpha value is -3.12. The molecule has 0 unspecified atom stereocenters. The number of benzene rings is 2. The summed E-state index contributed by atoms with van der Waals surface area (Å²) in [5.74, 6) is 0.698. The van der Waals surface area contributed by atoms with Crippen molar-refractivity contribution in [2.24, 2.45) is 0 Å². The fourth-order valence-corrected chi connectivity index (χ4v) is 3.07. The lowest BCUT2D eigenvalue weighted by molar-refractivity contribution is 1.22. The van der Waals surface area contributed by atoms with Crippen molar-refractivity contribution in [3.05, 3.63) is 88.9 Å². The summed E-state index contributed by atoms with van der Waals surface area (Å²) in [6.07, 6.45) is 3.22. The topological polar surface area (TPSA) is 74.6 Å². The molecule has 0 radical (unpaired) electrons. The van der Waals surface area contributed by atoms with Crippen LogP contribution in [0.3, 0.4) is 0 Å². The van der Waals surface area contributed by atoms with Gasteiger partial charge in [0, 0.05) is 27.3 Å². The van der Waals surface area contributed by atoms with Crippen LogP contribution in [0, 0.1) is 5.41 Å². The summed E-state index contributed by atoms with van der Waals surface area (Å²) in [5, 5.41) is 12.6. The Balaban J connectivity index is 1.76. The maximum absolute atomic E-state index is 8.44. The standard InChI is InChI=1S/C20H14BrN5/c21-14-4-3-5-15(11-14)26-20-16-10-13(7-8-17(16)24-12-25-20)19(22)18-6-1-2-9-23-18/h1-12,22H,(H,24,25,26). The van der Waals surface area contributed by atoms with Crippen LogP contribution in [0.15, 0.2) is 77.7 Å². The Morgan fingerprint density at radius 2 is 1.85 bits per heavy atom. The maximum atomic E-state index is 8.44. The number of hydrogen-bond acceptors (Lipinski definition) is 5. The number of pyridine rings is 1. The highest BCUT2D eigenvalue weighted by Gasteiger charge is 2.10. The van der Waals surface area contributed by atoms with Crippen LogP contribution in [-0.2, 0) is 0 Å². The second-order valence-corrected chi connectivity index (χ2v) is 6.60. The minimum absolute atomic E-state index is 0.366. The van der Waals surface area contributed by atoms with E-state index in [0.717, 1.165) is 26.6 Å². The molecule has 0 aliphatic heterocycles. The first-order valence-electron chi connectivity index (χ1n) is 7.98. The predicted molar refractivity (Wildman–Crippen MR) is 107 cm³/mol. The zero-order chi connectivity index (χ0) is 17.9. The van der Waals surface area contributed by atoms with Crippen LogP contribution in [0.4, 0.5) is 11.5 Å². The smallest absolute Gasteiger partial charge is 0.141 e. The molecule has 26 heavy (non-hydrogen) atoms. The average molecular weight is 404 g/mol. The van der Waals surface area contributed by atoms with E-state index < -0.39 is 0 Å². The molecule has 0 amide bonds. The molecule has 126 valence electrons. The molecule has 0 aliphatic rings. The highest BCUT2D eigenvalue weighted by molar-refractivity contribution is 9.10. The largest absolute Gasteiger partial charge is 0.340 e. The lowest BCUT2D eigenvalue weighted by atomic mass is 10.0. The molecule has 4 rings (SSSR count). The highest BCUT2D eigenvalue weighted by Crippen LogP contribution is 2.26. The van der Waals surface area contributed by atoms with E-state index in [4.69, 9.17) is 5.41 Å². The minimum atomic E-state index is 0.366. The molecule has 5 nitrogen and oxygen atoms in total. The molecule has 0 aliphatic carbocycles. The molecule has 4 aromatic rings. The van der Waals surface area contributed by atoms with Gasteiger partial charge in [0.15, 0.2) is 0 Å². The van der Waals surface area contributed by atoms with Gasteiger partial charge in [-0.15, -0.1) is 0 Å². The SMILES string of the molecule is N=C(c1ccc2ncnc(Nc3cccc(Br)c3)c2c1)c1ccccn1. The van der Waals surface area contributed by atoms with Crippen LogP contribution in [0.1, 0.15) is 11.3 Å². The number of rotatable bonds is 4. The van der Waals surface area contributed by atoms with Gasteiger partial charge >= 0.3 is 0 Å². The molecule has 6 heteroatoms. The van der Waals surface area contributed by atoms with Crippen molar-refractivity contribution in [3.8, 4) is 0 Å². The van der Waals surface area contributed by atoms with Crippen molar-refractivity contribution in [1.29, 1.82) is 5.41 Å². The zero-order valence-electron chi connectivity index (χ0n) is 13.6. The zero-order valence-corrected chi connectivity index (χ0v) is 15.2. The highest BCUT2D eigenvalue weighted by atomic mass is 79.9. The van der Waals surface area contributed by atoms with Crippen LogP contribution < -0.4 is 5.32 Å².